The number of rotatable bonds is 3. The zero-order valence-corrected chi connectivity index (χ0v) is 11.2. The lowest BCUT2D eigenvalue weighted by atomic mass is 10.0. The second-order valence-electron chi connectivity index (χ2n) is 4.38. The Kier molecular flexibility index (Phi) is 4.31. The van der Waals surface area contributed by atoms with E-state index in [1.54, 1.807) is 0 Å². The summed E-state index contributed by atoms with van der Waals surface area (Å²) in [5.74, 6) is -1.01. The molecule has 9 heteroatoms. The summed E-state index contributed by atoms with van der Waals surface area (Å²) in [5.41, 5.74) is 5.88. The van der Waals surface area contributed by atoms with Crippen molar-refractivity contribution in [2.24, 2.45) is 0 Å². The van der Waals surface area contributed by atoms with E-state index in [4.69, 9.17) is 5.73 Å². The molecule has 0 unspecified atom stereocenters. The molecule has 0 fully saturated rings. The number of anilines is 1. The van der Waals surface area contributed by atoms with Crippen molar-refractivity contribution in [3.8, 4) is 22.6 Å². The molecule has 3 nitrogen and oxygen atoms in total. The first-order valence-electron chi connectivity index (χ1n) is 6.05. The second-order valence-corrected chi connectivity index (χ2v) is 4.38. The van der Waals surface area contributed by atoms with Gasteiger partial charge in [0.1, 0.15) is 11.5 Å². The molecule has 0 aliphatic carbocycles. The highest BCUT2D eigenvalue weighted by molar-refractivity contribution is 5.74. The van der Waals surface area contributed by atoms with Crippen molar-refractivity contribution < 1.29 is 35.8 Å². The monoisotopic (exact) mass is 337 g/mol. The van der Waals surface area contributed by atoms with Gasteiger partial charge in [0.05, 0.1) is 0 Å². The second kappa shape index (κ2) is 5.90. The van der Waals surface area contributed by atoms with Crippen LogP contribution in [0.5, 0.6) is 11.5 Å². The Hall–Kier alpha value is -2.58. The van der Waals surface area contributed by atoms with E-state index in [9.17, 15) is 26.3 Å². The highest BCUT2D eigenvalue weighted by atomic mass is 19.4. The molecule has 0 spiro atoms. The fourth-order valence-electron chi connectivity index (χ4n) is 1.82. The fraction of sp³-hybridized carbons (Fsp3) is 0.143. The van der Waals surface area contributed by atoms with Crippen molar-refractivity contribution in [1.29, 1.82) is 0 Å². The minimum atomic E-state index is -4.91. The van der Waals surface area contributed by atoms with Gasteiger partial charge in [-0.05, 0) is 35.9 Å². The molecular weight excluding hydrogens is 328 g/mol. The van der Waals surface area contributed by atoms with Crippen molar-refractivity contribution in [2.75, 3.05) is 5.73 Å². The quantitative estimate of drug-likeness (QED) is 0.650. The van der Waals surface area contributed by atoms with Crippen LogP contribution in [0.3, 0.4) is 0 Å². The van der Waals surface area contributed by atoms with E-state index in [-0.39, 0.29) is 16.8 Å². The van der Waals surface area contributed by atoms with Gasteiger partial charge in [0.2, 0.25) is 0 Å². The Balaban J connectivity index is 2.35. The Bertz CT molecular complexity index is 679. The van der Waals surface area contributed by atoms with E-state index in [1.165, 1.54) is 24.3 Å². The number of nitrogens with two attached hydrogens (primary N) is 1. The number of benzene rings is 2. The normalized spacial score (nSPS) is 12.1. The van der Waals surface area contributed by atoms with Crippen molar-refractivity contribution in [3.63, 3.8) is 0 Å². The highest BCUT2D eigenvalue weighted by Crippen LogP contribution is 2.36. The molecule has 2 N–H and O–H groups in total. The lowest BCUT2D eigenvalue weighted by molar-refractivity contribution is -0.275. The fourth-order valence-corrected chi connectivity index (χ4v) is 1.82. The molecule has 0 aromatic heterocycles. The summed E-state index contributed by atoms with van der Waals surface area (Å²) in [6, 6.07) is 7.75. The van der Waals surface area contributed by atoms with Crippen molar-refractivity contribution in [3.05, 3.63) is 42.5 Å². The Morgan fingerprint density at radius 2 is 1.30 bits per heavy atom. The Morgan fingerprint density at radius 1 is 0.739 bits per heavy atom. The van der Waals surface area contributed by atoms with Crippen LogP contribution >= 0.6 is 0 Å². The standard InChI is InChI=1S/C14H9F6NO2/c15-13(16,17)22-10-4-1-8(2-5-10)11-7-9(21)3-6-12(11)23-14(18,19)20/h1-7H,21H2. The minimum absolute atomic E-state index is 0.0131. The molecule has 0 heterocycles. The molecule has 23 heavy (non-hydrogen) atoms. The third-order valence-electron chi connectivity index (χ3n) is 2.63. The average Bonchev–Trinajstić information content (AvgIpc) is 2.38. The smallest absolute Gasteiger partial charge is 0.406 e. The van der Waals surface area contributed by atoms with Gasteiger partial charge in [0, 0.05) is 11.3 Å². The zero-order chi connectivity index (χ0) is 17.3. The van der Waals surface area contributed by atoms with E-state index in [0.717, 1.165) is 18.2 Å². The largest absolute Gasteiger partial charge is 0.573 e. The summed E-state index contributed by atoms with van der Waals surface area (Å²) < 4.78 is 81.0. The molecule has 0 amide bonds. The summed E-state index contributed by atoms with van der Waals surface area (Å²) in [6.45, 7) is 0. The van der Waals surface area contributed by atoms with E-state index in [2.05, 4.69) is 9.47 Å². The predicted octanol–water partition coefficient (Wildman–Crippen LogP) is 4.73. The van der Waals surface area contributed by atoms with Gasteiger partial charge in [0.15, 0.2) is 0 Å². The molecule has 2 rings (SSSR count). The molecule has 2 aromatic rings. The molecule has 124 valence electrons. The molecule has 0 atom stereocenters. The van der Waals surface area contributed by atoms with Gasteiger partial charge in [-0.2, -0.15) is 0 Å². The molecule has 0 saturated carbocycles. The first-order chi connectivity index (χ1) is 10.5. The number of hydrogen-bond donors (Lipinski definition) is 1. The first-order valence-corrected chi connectivity index (χ1v) is 6.05. The zero-order valence-electron chi connectivity index (χ0n) is 11.2. The third-order valence-corrected chi connectivity index (χ3v) is 2.63. The molecule has 0 saturated heterocycles. The number of ether oxygens (including phenoxy) is 2. The van der Waals surface area contributed by atoms with Crippen LogP contribution in [0.2, 0.25) is 0 Å². The van der Waals surface area contributed by atoms with Crippen LogP contribution in [0.4, 0.5) is 32.0 Å². The predicted molar refractivity (Wildman–Crippen MR) is 69.7 cm³/mol. The van der Waals surface area contributed by atoms with Gasteiger partial charge in [-0.15, -0.1) is 26.3 Å². The topological polar surface area (TPSA) is 44.5 Å². The van der Waals surface area contributed by atoms with Crippen LogP contribution in [0.25, 0.3) is 11.1 Å². The molecule has 0 aliphatic rings. The van der Waals surface area contributed by atoms with Crippen LogP contribution in [0.1, 0.15) is 0 Å². The molecule has 0 aliphatic heterocycles. The van der Waals surface area contributed by atoms with E-state index in [1.807, 2.05) is 0 Å². The summed E-state index contributed by atoms with van der Waals surface area (Å²) in [5, 5.41) is 0. The van der Waals surface area contributed by atoms with E-state index < -0.39 is 24.2 Å². The van der Waals surface area contributed by atoms with Gasteiger partial charge >= 0.3 is 12.7 Å². The maximum absolute atomic E-state index is 12.4. The summed E-state index contributed by atoms with van der Waals surface area (Å²) >= 11 is 0. The van der Waals surface area contributed by atoms with Gasteiger partial charge < -0.3 is 15.2 Å². The average molecular weight is 337 g/mol. The van der Waals surface area contributed by atoms with Crippen LogP contribution in [-0.2, 0) is 0 Å². The summed E-state index contributed by atoms with van der Waals surface area (Å²) in [7, 11) is 0. The molecular formula is C14H9F6NO2. The van der Waals surface area contributed by atoms with Gasteiger partial charge in [-0.1, -0.05) is 12.1 Å². The molecule has 2 aromatic carbocycles. The van der Waals surface area contributed by atoms with Gasteiger partial charge in [0.25, 0.3) is 0 Å². The van der Waals surface area contributed by atoms with Crippen molar-refractivity contribution >= 4 is 5.69 Å². The van der Waals surface area contributed by atoms with Gasteiger partial charge in [-0.25, -0.2) is 0 Å². The number of halogens is 6. The van der Waals surface area contributed by atoms with Gasteiger partial charge in [-0.3, -0.25) is 0 Å². The lowest BCUT2D eigenvalue weighted by Gasteiger charge is -2.14. The third kappa shape index (κ3) is 4.97. The number of hydrogen-bond acceptors (Lipinski definition) is 3. The first kappa shape index (κ1) is 16.8. The van der Waals surface area contributed by atoms with Crippen LogP contribution < -0.4 is 15.2 Å². The van der Waals surface area contributed by atoms with Crippen LogP contribution in [0, 0.1) is 0 Å². The molecule has 0 radical (unpaired) electrons. The maximum Gasteiger partial charge on any atom is 0.573 e. The van der Waals surface area contributed by atoms with Crippen LogP contribution in [-0.4, -0.2) is 12.7 Å². The van der Waals surface area contributed by atoms with E-state index in [0.29, 0.717) is 0 Å². The van der Waals surface area contributed by atoms with Crippen molar-refractivity contribution in [2.45, 2.75) is 12.7 Å². The number of nitrogen functional groups attached to an aromatic ring is 1. The Labute approximate surface area is 126 Å². The minimum Gasteiger partial charge on any atom is -0.406 e. The SMILES string of the molecule is Nc1ccc(OC(F)(F)F)c(-c2ccc(OC(F)(F)F)cc2)c1. The summed E-state index contributed by atoms with van der Waals surface area (Å²) in [6.07, 6.45) is -9.77. The van der Waals surface area contributed by atoms with Crippen LogP contribution in [0.15, 0.2) is 42.5 Å². The van der Waals surface area contributed by atoms with Crippen molar-refractivity contribution in [1.82, 2.24) is 0 Å². The highest BCUT2D eigenvalue weighted by Gasteiger charge is 2.33. The van der Waals surface area contributed by atoms with E-state index >= 15 is 0 Å². The summed E-state index contributed by atoms with van der Waals surface area (Å²) in [4.78, 5) is 0. The molecule has 0 bridgehead atoms. The Morgan fingerprint density at radius 3 is 1.83 bits per heavy atom. The number of alkyl halides is 6. The maximum atomic E-state index is 12.4. The lowest BCUT2D eigenvalue weighted by Crippen LogP contribution is -2.17.